The van der Waals surface area contributed by atoms with Crippen LogP contribution >= 0.6 is 35.9 Å². The van der Waals surface area contributed by atoms with Gasteiger partial charge in [-0.3, -0.25) is 4.79 Å². The van der Waals surface area contributed by atoms with Crippen LogP contribution in [0.4, 0.5) is 0 Å². The number of hydrogen-bond acceptors (Lipinski definition) is 6. The zero-order chi connectivity index (χ0) is 14.5. The van der Waals surface area contributed by atoms with Crippen LogP contribution < -0.4 is 10.6 Å². The molecule has 2 N–H and O–H groups in total. The second kappa shape index (κ2) is 9.00. The first-order chi connectivity index (χ1) is 10.3. The van der Waals surface area contributed by atoms with Gasteiger partial charge in [-0.1, -0.05) is 5.21 Å². The molecule has 3 rings (SSSR count). The largest absolute Gasteiger partial charge is 0.349 e. The maximum Gasteiger partial charge on any atom is 0.273 e. The molecule has 0 radical (unpaired) electrons. The van der Waals surface area contributed by atoms with Gasteiger partial charge in [0.2, 0.25) is 0 Å². The molecule has 0 saturated carbocycles. The van der Waals surface area contributed by atoms with Crippen molar-refractivity contribution in [3.05, 3.63) is 11.9 Å². The van der Waals surface area contributed by atoms with Crippen LogP contribution in [0.25, 0.3) is 0 Å². The smallest absolute Gasteiger partial charge is 0.273 e. The monoisotopic (exact) mass is 363 g/mol. The second-order valence-corrected chi connectivity index (χ2v) is 7.90. The third-order valence-electron chi connectivity index (χ3n) is 3.80. The third kappa shape index (κ3) is 4.78. The zero-order valence-corrected chi connectivity index (χ0v) is 14.8. The van der Waals surface area contributed by atoms with Gasteiger partial charge in [-0.15, -0.1) is 17.5 Å². The lowest BCUT2D eigenvalue weighted by Gasteiger charge is -2.22. The van der Waals surface area contributed by atoms with Crippen LogP contribution in [0.1, 0.15) is 29.4 Å². The van der Waals surface area contributed by atoms with Crippen molar-refractivity contribution in [1.29, 1.82) is 0 Å². The summed E-state index contributed by atoms with van der Waals surface area (Å²) in [7, 11) is 0. The lowest BCUT2D eigenvalue weighted by Crippen LogP contribution is -2.33. The summed E-state index contributed by atoms with van der Waals surface area (Å²) in [6.07, 6.45) is 3.87. The lowest BCUT2D eigenvalue weighted by molar-refractivity contribution is 0.0949. The average Bonchev–Trinajstić information content (AvgIpc) is 3.04. The molecule has 124 valence electrons. The minimum Gasteiger partial charge on any atom is -0.349 e. The minimum absolute atomic E-state index is 0. The molecule has 1 atom stereocenters. The Morgan fingerprint density at radius 1 is 1.41 bits per heavy atom. The number of thioether (sulfide) groups is 2. The summed E-state index contributed by atoms with van der Waals surface area (Å²) in [6, 6.07) is 0.366. The number of carbonyl (C=O) groups excluding carboxylic acids is 1. The highest BCUT2D eigenvalue weighted by Crippen LogP contribution is 2.23. The van der Waals surface area contributed by atoms with Gasteiger partial charge < -0.3 is 10.6 Å². The van der Waals surface area contributed by atoms with Gasteiger partial charge in [-0.2, -0.15) is 23.5 Å². The van der Waals surface area contributed by atoms with Crippen molar-refractivity contribution >= 4 is 41.8 Å². The summed E-state index contributed by atoms with van der Waals surface area (Å²) in [5, 5.41) is 15.0. The van der Waals surface area contributed by atoms with Crippen LogP contribution in [-0.4, -0.2) is 63.0 Å². The third-order valence-corrected chi connectivity index (χ3v) is 6.65. The Balaban J connectivity index is 0.00000176. The molecule has 0 aromatic carbocycles. The predicted octanol–water partition coefficient (Wildman–Crippen LogP) is 1.20. The molecule has 1 aromatic rings. The number of hydrogen-bond donors (Lipinski definition) is 2. The van der Waals surface area contributed by atoms with E-state index in [1.54, 1.807) is 6.20 Å². The number of aromatic nitrogens is 3. The van der Waals surface area contributed by atoms with Crippen molar-refractivity contribution in [1.82, 2.24) is 25.6 Å². The van der Waals surface area contributed by atoms with Crippen LogP contribution in [0.2, 0.25) is 0 Å². The second-order valence-electron chi connectivity index (χ2n) is 5.34. The van der Waals surface area contributed by atoms with Crippen LogP contribution in [0.3, 0.4) is 0 Å². The Kier molecular flexibility index (Phi) is 7.33. The molecule has 6 nitrogen and oxygen atoms in total. The van der Waals surface area contributed by atoms with E-state index in [-0.39, 0.29) is 18.3 Å². The number of rotatable bonds is 4. The average molecular weight is 364 g/mol. The molecule has 1 aromatic heterocycles. The van der Waals surface area contributed by atoms with Crippen molar-refractivity contribution in [3.8, 4) is 0 Å². The van der Waals surface area contributed by atoms with Gasteiger partial charge in [0, 0.05) is 29.1 Å². The number of nitrogens with one attached hydrogen (secondary N) is 2. The normalized spacial score (nSPS) is 22.8. The zero-order valence-electron chi connectivity index (χ0n) is 12.4. The van der Waals surface area contributed by atoms with Crippen molar-refractivity contribution in [3.63, 3.8) is 0 Å². The van der Waals surface area contributed by atoms with E-state index in [9.17, 15) is 4.79 Å². The summed E-state index contributed by atoms with van der Waals surface area (Å²) < 4.78 is 1.85. The van der Waals surface area contributed by atoms with Gasteiger partial charge in [0.1, 0.15) is 0 Å². The molecule has 1 unspecified atom stereocenters. The fourth-order valence-electron chi connectivity index (χ4n) is 2.58. The Morgan fingerprint density at radius 3 is 2.95 bits per heavy atom. The molecule has 9 heteroatoms. The van der Waals surface area contributed by atoms with Gasteiger partial charge in [0.15, 0.2) is 5.69 Å². The SMILES string of the molecule is Cl.O=C(NCC1CSCCS1)c1cn(C2CCNCC2)nn1. The lowest BCUT2D eigenvalue weighted by atomic mass is 10.1. The Labute approximate surface area is 145 Å². The van der Waals surface area contributed by atoms with Gasteiger partial charge in [-0.05, 0) is 25.9 Å². The van der Waals surface area contributed by atoms with E-state index in [0.717, 1.165) is 38.2 Å². The molecule has 0 bridgehead atoms. The molecule has 2 aliphatic rings. The summed E-state index contributed by atoms with van der Waals surface area (Å²) in [4.78, 5) is 12.1. The molecule has 2 saturated heterocycles. The number of amides is 1. The van der Waals surface area contributed by atoms with Gasteiger partial charge in [0.25, 0.3) is 5.91 Å². The highest BCUT2D eigenvalue weighted by atomic mass is 35.5. The predicted molar refractivity (Wildman–Crippen MR) is 94.3 cm³/mol. The van der Waals surface area contributed by atoms with Crippen LogP contribution in [0.15, 0.2) is 6.20 Å². The Morgan fingerprint density at radius 2 is 2.23 bits per heavy atom. The van der Waals surface area contributed by atoms with E-state index < -0.39 is 0 Å². The van der Waals surface area contributed by atoms with E-state index in [1.165, 1.54) is 11.5 Å². The standard InChI is InChI=1S/C13H21N5OS2.ClH/c19-13(15-7-11-9-20-5-6-21-11)12-8-18(17-16-12)10-1-3-14-4-2-10;/h8,10-11,14H,1-7,9H2,(H,15,19);1H. The van der Waals surface area contributed by atoms with E-state index in [4.69, 9.17) is 0 Å². The Hall–Kier alpha value is -0.440. The summed E-state index contributed by atoms with van der Waals surface area (Å²) in [6.45, 7) is 2.72. The van der Waals surface area contributed by atoms with E-state index in [1.807, 2.05) is 28.2 Å². The van der Waals surface area contributed by atoms with Crippen molar-refractivity contribution < 1.29 is 4.79 Å². The van der Waals surface area contributed by atoms with Crippen molar-refractivity contribution in [2.75, 3.05) is 36.9 Å². The molecule has 22 heavy (non-hydrogen) atoms. The first kappa shape index (κ1) is 17.9. The van der Waals surface area contributed by atoms with Crippen molar-refractivity contribution in [2.45, 2.75) is 24.1 Å². The highest BCUT2D eigenvalue weighted by molar-refractivity contribution is 8.06. The van der Waals surface area contributed by atoms with Crippen LogP contribution in [0, 0.1) is 0 Å². The summed E-state index contributed by atoms with van der Waals surface area (Å²) in [5.74, 6) is 3.41. The van der Waals surface area contributed by atoms with E-state index >= 15 is 0 Å². The number of carbonyl (C=O) groups is 1. The maximum atomic E-state index is 12.1. The van der Waals surface area contributed by atoms with Gasteiger partial charge >= 0.3 is 0 Å². The Bertz CT molecular complexity index is 475. The van der Waals surface area contributed by atoms with Crippen LogP contribution in [0.5, 0.6) is 0 Å². The summed E-state index contributed by atoms with van der Waals surface area (Å²) in [5.41, 5.74) is 0.432. The minimum atomic E-state index is -0.105. The molecular formula is C13H22ClN5OS2. The summed E-state index contributed by atoms with van der Waals surface area (Å²) >= 11 is 3.91. The first-order valence-electron chi connectivity index (χ1n) is 7.43. The van der Waals surface area contributed by atoms with Gasteiger partial charge in [0.05, 0.1) is 12.2 Å². The van der Waals surface area contributed by atoms with Gasteiger partial charge in [-0.25, -0.2) is 4.68 Å². The van der Waals surface area contributed by atoms with Crippen molar-refractivity contribution in [2.24, 2.45) is 0 Å². The fourth-order valence-corrected chi connectivity index (χ4v) is 5.19. The topological polar surface area (TPSA) is 71.8 Å². The van der Waals surface area contributed by atoms with E-state index in [2.05, 4.69) is 20.9 Å². The van der Waals surface area contributed by atoms with Crippen LogP contribution in [-0.2, 0) is 0 Å². The number of piperidine rings is 1. The molecule has 3 heterocycles. The van der Waals surface area contributed by atoms with E-state index in [0.29, 0.717) is 17.0 Å². The maximum absolute atomic E-state index is 12.1. The first-order valence-corrected chi connectivity index (χ1v) is 9.63. The quantitative estimate of drug-likeness (QED) is 0.837. The molecular weight excluding hydrogens is 342 g/mol. The molecule has 2 fully saturated rings. The molecule has 0 spiro atoms. The molecule has 2 aliphatic heterocycles. The number of nitrogens with zero attached hydrogens (tertiary/aromatic N) is 3. The molecule has 0 aliphatic carbocycles. The molecule has 1 amide bonds. The number of halogens is 1. The highest BCUT2D eigenvalue weighted by Gasteiger charge is 2.20. The fraction of sp³-hybridized carbons (Fsp3) is 0.769.